The SMILES string of the molecule is CSc1cc(C2=C(CO)SC3=NCCN32)c2sccc2c1. The fourth-order valence-corrected chi connectivity index (χ4v) is 5.21. The van der Waals surface area contributed by atoms with E-state index in [2.05, 4.69) is 39.7 Å². The van der Waals surface area contributed by atoms with E-state index in [-0.39, 0.29) is 6.61 Å². The first-order chi connectivity index (χ1) is 10.3. The number of thioether (sulfide) groups is 2. The van der Waals surface area contributed by atoms with Gasteiger partial charge in [0.25, 0.3) is 0 Å². The van der Waals surface area contributed by atoms with Gasteiger partial charge in [0.05, 0.1) is 18.8 Å². The van der Waals surface area contributed by atoms with Gasteiger partial charge in [-0.3, -0.25) is 4.99 Å². The summed E-state index contributed by atoms with van der Waals surface area (Å²) in [4.78, 5) is 9.07. The van der Waals surface area contributed by atoms with Crippen LogP contribution in [0, 0.1) is 0 Å². The van der Waals surface area contributed by atoms with E-state index in [9.17, 15) is 5.11 Å². The molecule has 0 atom stereocenters. The number of hydrogen-bond donors (Lipinski definition) is 1. The van der Waals surface area contributed by atoms with Crippen molar-refractivity contribution in [2.45, 2.75) is 4.90 Å². The van der Waals surface area contributed by atoms with E-state index in [4.69, 9.17) is 0 Å². The maximum atomic E-state index is 9.74. The van der Waals surface area contributed by atoms with Crippen LogP contribution in [0.4, 0.5) is 0 Å². The highest BCUT2D eigenvalue weighted by Crippen LogP contribution is 2.45. The molecule has 2 aliphatic rings. The molecule has 108 valence electrons. The van der Waals surface area contributed by atoms with E-state index in [1.807, 2.05) is 0 Å². The van der Waals surface area contributed by atoms with Gasteiger partial charge in [-0.2, -0.15) is 0 Å². The highest BCUT2D eigenvalue weighted by atomic mass is 32.2. The average molecular weight is 334 g/mol. The van der Waals surface area contributed by atoms with Crippen LogP contribution in [0.25, 0.3) is 15.8 Å². The molecule has 1 N–H and O–H groups in total. The highest BCUT2D eigenvalue weighted by Gasteiger charge is 2.33. The molecule has 0 saturated heterocycles. The molecule has 0 fully saturated rings. The van der Waals surface area contributed by atoms with Crippen LogP contribution in [0.15, 0.2) is 38.4 Å². The van der Waals surface area contributed by atoms with E-state index in [0.29, 0.717) is 0 Å². The normalized spacial score (nSPS) is 17.8. The Balaban J connectivity index is 1.96. The highest BCUT2D eigenvalue weighted by molar-refractivity contribution is 8.17. The van der Waals surface area contributed by atoms with Gasteiger partial charge in [0.2, 0.25) is 0 Å². The monoisotopic (exact) mass is 334 g/mol. The second-order valence-electron chi connectivity index (χ2n) is 4.86. The Morgan fingerprint density at radius 3 is 3.14 bits per heavy atom. The van der Waals surface area contributed by atoms with Crippen molar-refractivity contribution in [3.63, 3.8) is 0 Å². The molecule has 0 unspecified atom stereocenters. The van der Waals surface area contributed by atoms with Crippen LogP contribution in [0.5, 0.6) is 0 Å². The molecular weight excluding hydrogens is 320 g/mol. The molecule has 4 rings (SSSR count). The first-order valence-corrected chi connectivity index (χ1v) is 9.63. The Hall–Kier alpha value is -0.950. The summed E-state index contributed by atoms with van der Waals surface area (Å²) in [5.41, 5.74) is 2.39. The molecule has 0 radical (unpaired) electrons. The van der Waals surface area contributed by atoms with Crippen LogP contribution in [-0.4, -0.2) is 41.1 Å². The van der Waals surface area contributed by atoms with E-state index in [1.54, 1.807) is 34.9 Å². The maximum absolute atomic E-state index is 9.74. The van der Waals surface area contributed by atoms with Crippen LogP contribution < -0.4 is 0 Å². The minimum absolute atomic E-state index is 0.0753. The van der Waals surface area contributed by atoms with Gasteiger partial charge in [-0.1, -0.05) is 11.8 Å². The number of rotatable bonds is 3. The molecule has 2 aliphatic heterocycles. The fourth-order valence-electron chi connectivity index (χ4n) is 2.78. The number of fused-ring (bicyclic) bond motifs is 2. The zero-order valence-corrected chi connectivity index (χ0v) is 13.9. The molecular formula is C15H14N2OS3. The lowest BCUT2D eigenvalue weighted by molar-refractivity contribution is 0.339. The fraction of sp³-hybridized carbons (Fsp3) is 0.267. The number of benzene rings is 1. The van der Waals surface area contributed by atoms with E-state index < -0.39 is 0 Å². The summed E-state index contributed by atoms with van der Waals surface area (Å²) in [6.45, 7) is 1.84. The van der Waals surface area contributed by atoms with Gasteiger partial charge in [0.1, 0.15) is 0 Å². The molecule has 1 aromatic heterocycles. The molecule has 1 aromatic carbocycles. The van der Waals surface area contributed by atoms with Crippen molar-refractivity contribution >= 4 is 55.8 Å². The van der Waals surface area contributed by atoms with Crippen molar-refractivity contribution in [1.82, 2.24) is 4.90 Å². The molecule has 2 aromatic rings. The van der Waals surface area contributed by atoms with Crippen molar-refractivity contribution < 1.29 is 5.11 Å². The number of aliphatic imine (C=N–C) groups is 1. The van der Waals surface area contributed by atoms with Crippen LogP contribution in [0.2, 0.25) is 0 Å². The summed E-state index contributed by atoms with van der Waals surface area (Å²) in [5.74, 6) is 0. The first-order valence-electron chi connectivity index (χ1n) is 6.71. The van der Waals surface area contributed by atoms with Gasteiger partial charge in [0.15, 0.2) is 5.17 Å². The molecule has 21 heavy (non-hydrogen) atoms. The maximum Gasteiger partial charge on any atom is 0.168 e. The summed E-state index contributed by atoms with van der Waals surface area (Å²) in [5, 5.41) is 14.2. The predicted octanol–water partition coefficient (Wildman–Crippen LogP) is 3.70. The number of aliphatic hydroxyl groups excluding tert-OH is 1. The lowest BCUT2D eigenvalue weighted by Crippen LogP contribution is -2.20. The Bertz CT molecular complexity index is 778. The molecule has 3 heterocycles. The Kier molecular flexibility index (Phi) is 3.49. The molecule has 0 saturated carbocycles. The minimum atomic E-state index is 0.0753. The van der Waals surface area contributed by atoms with Gasteiger partial charge >= 0.3 is 0 Å². The minimum Gasteiger partial charge on any atom is -0.391 e. The molecule has 0 amide bonds. The number of amidine groups is 1. The Morgan fingerprint density at radius 1 is 1.43 bits per heavy atom. The molecule has 3 nitrogen and oxygen atoms in total. The van der Waals surface area contributed by atoms with Crippen LogP contribution in [-0.2, 0) is 0 Å². The quantitative estimate of drug-likeness (QED) is 0.868. The summed E-state index contributed by atoms with van der Waals surface area (Å²) >= 11 is 5.14. The van der Waals surface area contributed by atoms with E-state index in [1.165, 1.54) is 20.5 Å². The van der Waals surface area contributed by atoms with Crippen molar-refractivity contribution in [2.75, 3.05) is 26.0 Å². The van der Waals surface area contributed by atoms with E-state index >= 15 is 0 Å². The van der Waals surface area contributed by atoms with Crippen LogP contribution >= 0.6 is 34.9 Å². The third-order valence-corrected chi connectivity index (χ3v) is 6.48. The second kappa shape index (κ2) is 5.35. The first kappa shape index (κ1) is 13.7. The number of nitrogens with zero attached hydrogens (tertiary/aromatic N) is 2. The third-order valence-electron chi connectivity index (χ3n) is 3.71. The van der Waals surface area contributed by atoms with E-state index in [0.717, 1.165) is 28.9 Å². The lowest BCUT2D eigenvalue weighted by Gasteiger charge is -2.18. The third kappa shape index (κ3) is 2.12. The smallest absolute Gasteiger partial charge is 0.168 e. The standard InChI is InChI=1S/C15H14N2OS3/c1-19-10-6-9-2-5-20-14(9)11(7-10)13-12(8-18)21-15-16-3-4-17(13)15/h2,5-7,18H,3-4,8H2,1H3. The zero-order chi connectivity index (χ0) is 14.4. The van der Waals surface area contributed by atoms with Crippen molar-refractivity contribution in [2.24, 2.45) is 4.99 Å². The van der Waals surface area contributed by atoms with Crippen LogP contribution in [0.1, 0.15) is 5.56 Å². The molecule has 0 bridgehead atoms. The lowest BCUT2D eigenvalue weighted by atomic mass is 10.1. The Morgan fingerprint density at radius 2 is 2.33 bits per heavy atom. The van der Waals surface area contributed by atoms with Gasteiger partial charge in [-0.15, -0.1) is 23.1 Å². The summed E-state index contributed by atoms with van der Waals surface area (Å²) in [7, 11) is 0. The number of thiophene rings is 1. The molecule has 6 heteroatoms. The molecule has 0 aliphatic carbocycles. The average Bonchev–Trinajstić information content (AvgIpc) is 3.20. The topological polar surface area (TPSA) is 35.8 Å². The van der Waals surface area contributed by atoms with Crippen LogP contribution in [0.3, 0.4) is 0 Å². The number of hydrogen-bond acceptors (Lipinski definition) is 6. The van der Waals surface area contributed by atoms with Gasteiger partial charge in [0, 0.05) is 26.6 Å². The summed E-state index contributed by atoms with van der Waals surface area (Å²) in [6, 6.07) is 6.65. The molecule has 0 spiro atoms. The van der Waals surface area contributed by atoms with Gasteiger partial charge in [-0.25, -0.2) is 0 Å². The van der Waals surface area contributed by atoms with Crippen molar-refractivity contribution in [3.8, 4) is 0 Å². The predicted molar refractivity (Wildman–Crippen MR) is 94.2 cm³/mol. The number of aliphatic hydroxyl groups is 1. The van der Waals surface area contributed by atoms with Crippen molar-refractivity contribution in [3.05, 3.63) is 34.0 Å². The largest absolute Gasteiger partial charge is 0.391 e. The zero-order valence-electron chi connectivity index (χ0n) is 11.5. The summed E-state index contributed by atoms with van der Waals surface area (Å²) in [6.07, 6.45) is 2.10. The second-order valence-corrected chi connectivity index (χ2v) is 7.72. The Labute approximate surface area is 135 Å². The van der Waals surface area contributed by atoms with Crippen molar-refractivity contribution in [1.29, 1.82) is 0 Å². The van der Waals surface area contributed by atoms with Gasteiger partial charge in [-0.05, 0) is 35.2 Å². The van der Waals surface area contributed by atoms with Gasteiger partial charge < -0.3 is 10.0 Å². The summed E-state index contributed by atoms with van der Waals surface area (Å²) < 4.78 is 1.29.